The summed E-state index contributed by atoms with van der Waals surface area (Å²) in [6, 6.07) is 22.4. The Morgan fingerprint density at radius 2 is 1.44 bits per heavy atom. The second-order valence-electron chi connectivity index (χ2n) is 7.97. The SMILES string of the molecule is O=C(O)Cc1ccc2c(ccn2Cc2cccc(CN3C(=O)c4ccccc4C3=O)c2)c1. The lowest BCUT2D eigenvalue weighted by atomic mass is 10.1. The summed E-state index contributed by atoms with van der Waals surface area (Å²) < 4.78 is 2.10. The van der Waals surface area contributed by atoms with Crippen molar-refractivity contribution in [1.82, 2.24) is 9.47 Å². The van der Waals surface area contributed by atoms with E-state index in [1.54, 1.807) is 24.3 Å². The van der Waals surface area contributed by atoms with Crippen molar-refractivity contribution in [1.29, 1.82) is 0 Å². The molecule has 0 bridgehead atoms. The van der Waals surface area contributed by atoms with Crippen molar-refractivity contribution in [2.45, 2.75) is 19.5 Å². The summed E-state index contributed by atoms with van der Waals surface area (Å²) in [6.07, 6.45) is 1.98. The lowest BCUT2D eigenvalue weighted by Crippen LogP contribution is -2.29. The summed E-state index contributed by atoms with van der Waals surface area (Å²) in [5.41, 5.74) is 4.63. The minimum atomic E-state index is -0.848. The Labute approximate surface area is 184 Å². The highest BCUT2D eigenvalue weighted by atomic mass is 16.4. The molecule has 0 aliphatic carbocycles. The molecule has 3 aromatic carbocycles. The number of imide groups is 1. The molecule has 158 valence electrons. The fourth-order valence-corrected chi connectivity index (χ4v) is 4.26. The quantitative estimate of drug-likeness (QED) is 0.473. The normalized spacial score (nSPS) is 13.1. The lowest BCUT2D eigenvalue weighted by molar-refractivity contribution is -0.136. The van der Waals surface area contributed by atoms with Gasteiger partial charge in [-0.3, -0.25) is 19.3 Å². The highest BCUT2D eigenvalue weighted by Gasteiger charge is 2.34. The molecule has 0 spiro atoms. The van der Waals surface area contributed by atoms with Crippen LogP contribution in [-0.2, 0) is 24.3 Å². The first kappa shape index (κ1) is 19.8. The zero-order valence-electron chi connectivity index (χ0n) is 17.2. The number of rotatable bonds is 6. The number of carbonyl (C=O) groups excluding carboxylic acids is 2. The van der Waals surface area contributed by atoms with E-state index >= 15 is 0 Å². The summed E-state index contributed by atoms with van der Waals surface area (Å²) >= 11 is 0. The average Bonchev–Trinajstić information content (AvgIpc) is 3.28. The first-order chi connectivity index (χ1) is 15.5. The minimum Gasteiger partial charge on any atom is -0.481 e. The van der Waals surface area contributed by atoms with Gasteiger partial charge in [0, 0.05) is 18.3 Å². The molecule has 0 fully saturated rings. The van der Waals surface area contributed by atoms with Gasteiger partial charge in [0.25, 0.3) is 11.8 Å². The van der Waals surface area contributed by atoms with Crippen LogP contribution in [0, 0.1) is 0 Å². The van der Waals surface area contributed by atoms with E-state index in [0.29, 0.717) is 17.7 Å². The Bertz CT molecular complexity index is 1350. The van der Waals surface area contributed by atoms with E-state index in [4.69, 9.17) is 5.11 Å². The predicted molar refractivity (Wildman–Crippen MR) is 119 cm³/mol. The molecule has 6 nitrogen and oxygen atoms in total. The molecule has 6 heteroatoms. The summed E-state index contributed by atoms with van der Waals surface area (Å²) in [5, 5.41) is 9.99. The number of aliphatic carboxylic acids is 1. The number of carboxylic acids is 1. The van der Waals surface area contributed by atoms with Crippen LogP contribution in [0.15, 0.2) is 79.0 Å². The number of benzene rings is 3. The van der Waals surface area contributed by atoms with Crippen LogP contribution in [0.5, 0.6) is 0 Å². The van der Waals surface area contributed by atoms with E-state index in [9.17, 15) is 14.4 Å². The van der Waals surface area contributed by atoms with Gasteiger partial charge in [0.05, 0.1) is 24.1 Å². The van der Waals surface area contributed by atoms with E-state index in [1.165, 1.54) is 4.90 Å². The van der Waals surface area contributed by atoms with Crippen molar-refractivity contribution in [2.75, 3.05) is 0 Å². The van der Waals surface area contributed by atoms with Crippen molar-refractivity contribution in [3.63, 3.8) is 0 Å². The van der Waals surface area contributed by atoms with Gasteiger partial charge >= 0.3 is 5.97 Å². The summed E-state index contributed by atoms with van der Waals surface area (Å²) in [5.74, 6) is -1.37. The van der Waals surface area contributed by atoms with Gasteiger partial charge in [0.2, 0.25) is 0 Å². The second-order valence-corrected chi connectivity index (χ2v) is 7.97. The van der Waals surface area contributed by atoms with Crippen LogP contribution in [-0.4, -0.2) is 32.4 Å². The molecule has 0 radical (unpaired) electrons. The largest absolute Gasteiger partial charge is 0.481 e. The molecule has 4 aromatic rings. The first-order valence-corrected chi connectivity index (χ1v) is 10.3. The molecule has 2 amide bonds. The maximum Gasteiger partial charge on any atom is 0.307 e. The van der Waals surface area contributed by atoms with Crippen LogP contribution in [0.1, 0.15) is 37.4 Å². The Morgan fingerprint density at radius 3 is 2.12 bits per heavy atom. The molecular formula is C26H20N2O4. The van der Waals surface area contributed by atoms with Crippen LogP contribution in [0.25, 0.3) is 10.9 Å². The monoisotopic (exact) mass is 424 g/mol. The van der Waals surface area contributed by atoms with Crippen molar-refractivity contribution in [2.24, 2.45) is 0 Å². The highest BCUT2D eigenvalue weighted by molar-refractivity contribution is 6.21. The van der Waals surface area contributed by atoms with Crippen LogP contribution in [0.2, 0.25) is 0 Å². The smallest absolute Gasteiger partial charge is 0.307 e. The molecule has 1 N–H and O–H groups in total. The van der Waals surface area contributed by atoms with Crippen molar-refractivity contribution in [3.05, 3.63) is 107 Å². The van der Waals surface area contributed by atoms with Crippen LogP contribution < -0.4 is 0 Å². The number of carbonyl (C=O) groups is 3. The Hall–Kier alpha value is -4.19. The van der Waals surface area contributed by atoms with Crippen LogP contribution in [0.3, 0.4) is 0 Å². The Kier molecular flexibility index (Phi) is 4.82. The number of amides is 2. The molecule has 1 aliphatic rings. The molecule has 2 heterocycles. The van der Waals surface area contributed by atoms with Crippen molar-refractivity contribution in [3.8, 4) is 0 Å². The van der Waals surface area contributed by atoms with Crippen molar-refractivity contribution >= 4 is 28.7 Å². The molecule has 0 saturated carbocycles. The number of hydrogen-bond donors (Lipinski definition) is 1. The second kappa shape index (κ2) is 7.81. The van der Waals surface area contributed by atoms with Gasteiger partial charge < -0.3 is 9.67 Å². The van der Waals surface area contributed by atoms with Gasteiger partial charge in [-0.25, -0.2) is 0 Å². The summed E-state index contributed by atoms with van der Waals surface area (Å²) in [7, 11) is 0. The Balaban J connectivity index is 1.36. The van der Waals surface area contributed by atoms with E-state index < -0.39 is 5.97 Å². The zero-order valence-corrected chi connectivity index (χ0v) is 17.2. The van der Waals surface area contributed by atoms with Crippen LogP contribution >= 0.6 is 0 Å². The Morgan fingerprint density at radius 1 is 0.750 bits per heavy atom. The molecule has 1 aliphatic heterocycles. The minimum absolute atomic E-state index is 0.000966. The molecule has 1 aromatic heterocycles. The highest BCUT2D eigenvalue weighted by Crippen LogP contribution is 2.25. The van der Waals surface area contributed by atoms with Gasteiger partial charge in [-0.05, 0) is 52.4 Å². The third kappa shape index (κ3) is 3.56. The van der Waals surface area contributed by atoms with E-state index in [-0.39, 0.29) is 24.8 Å². The zero-order chi connectivity index (χ0) is 22.2. The molecule has 5 rings (SSSR count). The third-order valence-electron chi connectivity index (χ3n) is 5.75. The summed E-state index contributed by atoms with van der Waals surface area (Å²) in [6.45, 7) is 0.850. The standard InChI is InChI=1S/C26H20N2O4/c29-24(30)14-17-8-9-23-20(13-17)10-11-27(23)15-18-4-3-5-19(12-18)16-28-25(31)21-6-1-2-7-22(21)26(28)32/h1-13H,14-16H2,(H,29,30). The third-order valence-corrected chi connectivity index (χ3v) is 5.75. The fraction of sp³-hybridized carbons (Fsp3) is 0.115. The molecule has 32 heavy (non-hydrogen) atoms. The van der Waals surface area contributed by atoms with Gasteiger partial charge in [0.15, 0.2) is 0 Å². The summed E-state index contributed by atoms with van der Waals surface area (Å²) in [4.78, 5) is 37.6. The van der Waals surface area contributed by atoms with Gasteiger partial charge in [-0.15, -0.1) is 0 Å². The van der Waals surface area contributed by atoms with Gasteiger partial charge in [-0.1, -0.05) is 42.5 Å². The van der Waals surface area contributed by atoms with Gasteiger partial charge in [0.1, 0.15) is 0 Å². The topological polar surface area (TPSA) is 79.6 Å². The first-order valence-electron chi connectivity index (χ1n) is 10.3. The number of nitrogens with zero attached hydrogens (tertiary/aromatic N) is 2. The van der Waals surface area contributed by atoms with E-state index in [2.05, 4.69) is 4.57 Å². The maximum absolute atomic E-state index is 12.7. The maximum atomic E-state index is 12.7. The molecule has 0 unspecified atom stereocenters. The van der Waals surface area contributed by atoms with Crippen molar-refractivity contribution < 1.29 is 19.5 Å². The van der Waals surface area contributed by atoms with Crippen LogP contribution in [0.4, 0.5) is 0 Å². The molecular weight excluding hydrogens is 404 g/mol. The molecule has 0 saturated heterocycles. The fourth-order valence-electron chi connectivity index (χ4n) is 4.26. The number of fused-ring (bicyclic) bond motifs is 2. The average molecular weight is 424 g/mol. The van der Waals surface area contributed by atoms with Gasteiger partial charge in [-0.2, -0.15) is 0 Å². The number of hydrogen-bond acceptors (Lipinski definition) is 3. The number of carboxylic acid groups (broad SMARTS) is 1. The number of aromatic nitrogens is 1. The van der Waals surface area contributed by atoms with E-state index in [1.807, 2.05) is 54.7 Å². The molecule has 0 atom stereocenters. The van der Waals surface area contributed by atoms with E-state index in [0.717, 1.165) is 27.6 Å². The predicted octanol–water partition coefficient (Wildman–Crippen LogP) is 4.11. The lowest BCUT2D eigenvalue weighted by Gasteiger charge is -2.15.